The van der Waals surface area contributed by atoms with Crippen LogP contribution in [-0.2, 0) is 9.59 Å². The molecule has 0 spiro atoms. The van der Waals surface area contributed by atoms with Crippen molar-refractivity contribution < 1.29 is 19.4 Å². The smallest absolute Gasteiger partial charge is 0.303 e. The number of hydrogen-bond donors (Lipinski definition) is 2. The molecule has 1 amide bonds. The van der Waals surface area contributed by atoms with Crippen LogP contribution in [0.15, 0.2) is 18.2 Å². The molecular weight excluding hydrogens is 272 g/mol. The predicted octanol–water partition coefficient (Wildman–Crippen LogP) is 2.40. The summed E-state index contributed by atoms with van der Waals surface area (Å²) in [5, 5.41) is 20.3. The van der Waals surface area contributed by atoms with Crippen LogP contribution in [0.4, 0.5) is 5.69 Å². The third-order valence-electron chi connectivity index (χ3n) is 2.87. The van der Waals surface area contributed by atoms with Gasteiger partial charge < -0.3 is 15.2 Å². The van der Waals surface area contributed by atoms with Gasteiger partial charge in [0.1, 0.15) is 5.75 Å². The number of nitriles is 1. The van der Waals surface area contributed by atoms with Crippen LogP contribution in [0.2, 0.25) is 0 Å². The van der Waals surface area contributed by atoms with E-state index in [9.17, 15) is 9.59 Å². The molecule has 0 bridgehead atoms. The summed E-state index contributed by atoms with van der Waals surface area (Å²) in [5.41, 5.74) is 0.235. The van der Waals surface area contributed by atoms with E-state index < -0.39 is 11.4 Å². The van der Waals surface area contributed by atoms with Crippen molar-refractivity contribution >= 4 is 17.6 Å². The molecule has 0 aromatic heterocycles. The molecule has 21 heavy (non-hydrogen) atoms. The SMILES string of the molecule is COc1cc(C#N)ccc1NC(=O)CC(C)(C)CC(=O)O. The molecule has 0 aliphatic carbocycles. The Hall–Kier alpha value is -2.55. The molecule has 0 saturated carbocycles. The second kappa shape index (κ2) is 6.75. The van der Waals surface area contributed by atoms with Gasteiger partial charge in [-0.2, -0.15) is 5.26 Å². The Morgan fingerprint density at radius 1 is 1.38 bits per heavy atom. The third-order valence-corrected chi connectivity index (χ3v) is 2.87. The molecule has 0 saturated heterocycles. The lowest BCUT2D eigenvalue weighted by molar-refractivity contribution is -0.139. The molecule has 0 radical (unpaired) electrons. The van der Waals surface area contributed by atoms with Crippen LogP contribution < -0.4 is 10.1 Å². The summed E-state index contributed by atoms with van der Waals surface area (Å²) in [5.74, 6) is -0.855. The van der Waals surface area contributed by atoms with Crippen molar-refractivity contribution in [2.75, 3.05) is 12.4 Å². The van der Waals surface area contributed by atoms with E-state index in [0.717, 1.165) is 0 Å². The van der Waals surface area contributed by atoms with Gasteiger partial charge in [-0.05, 0) is 17.5 Å². The first-order valence-corrected chi connectivity index (χ1v) is 6.37. The zero-order valence-electron chi connectivity index (χ0n) is 12.3. The minimum atomic E-state index is -0.941. The zero-order valence-corrected chi connectivity index (χ0v) is 12.3. The number of methoxy groups -OCH3 is 1. The van der Waals surface area contributed by atoms with Gasteiger partial charge >= 0.3 is 5.97 Å². The number of ether oxygens (including phenoxy) is 1. The highest BCUT2D eigenvalue weighted by Crippen LogP contribution is 2.28. The molecular formula is C15H18N2O4. The van der Waals surface area contributed by atoms with Crippen molar-refractivity contribution in [2.24, 2.45) is 5.41 Å². The number of benzene rings is 1. The van der Waals surface area contributed by atoms with Gasteiger partial charge in [0, 0.05) is 12.5 Å². The van der Waals surface area contributed by atoms with E-state index in [1.54, 1.807) is 26.0 Å². The number of anilines is 1. The fourth-order valence-electron chi connectivity index (χ4n) is 1.96. The van der Waals surface area contributed by atoms with Crippen molar-refractivity contribution in [3.8, 4) is 11.8 Å². The highest BCUT2D eigenvalue weighted by Gasteiger charge is 2.25. The largest absolute Gasteiger partial charge is 0.495 e. The van der Waals surface area contributed by atoms with Gasteiger partial charge in [0.15, 0.2) is 0 Å². The summed E-state index contributed by atoms with van der Waals surface area (Å²) in [6, 6.07) is 6.66. The number of rotatable bonds is 6. The van der Waals surface area contributed by atoms with Crippen molar-refractivity contribution in [1.29, 1.82) is 5.26 Å². The lowest BCUT2D eigenvalue weighted by atomic mass is 9.85. The summed E-state index contributed by atoms with van der Waals surface area (Å²) in [6.07, 6.45) is -0.0205. The van der Waals surface area contributed by atoms with Crippen LogP contribution in [-0.4, -0.2) is 24.1 Å². The monoisotopic (exact) mass is 290 g/mol. The van der Waals surface area contributed by atoms with Crippen molar-refractivity contribution in [1.82, 2.24) is 0 Å². The Kier molecular flexibility index (Phi) is 5.30. The number of nitrogens with zero attached hydrogens (tertiary/aromatic N) is 1. The number of aliphatic carboxylic acids is 1. The van der Waals surface area contributed by atoms with E-state index in [1.165, 1.54) is 13.2 Å². The molecule has 0 unspecified atom stereocenters. The fourth-order valence-corrected chi connectivity index (χ4v) is 1.96. The first kappa shape index (κ1) is 16.5. The van der Waals surface area contributed by atoms with Crippen molar-refractivity contribution in [3.63, 3.8) is 0 Å². The van der Waals surface area contributed by atoms with Gasteiger partial charge in [0.05, 0.1) is 30.9 Å². The Labute approximate surface area is 123 Å². The van der Waals surface area contributed by atoms with Crippen LogP contribution >= 0.6 is 0 Å². The van der Waals surface area contributed by atoms with Gasteiger partial charge in [0.2, 0.25) is 5.91 Å². The first-order valence-electron chi connectivity index (χ1n) is 6.37. The van der Waals surface area contributed by atoms with Crippen molar-refractivity contribution in [2.45, 2.75) is 26.7 Å². The average molecular weight is 290 g/mol. The van der Waals surface area contributed by atoms with E-state index >= 15 is 0 Å². The van der Waals surface area contributed by atoms with Gasteiger partial charge in [-0.1, -0.05) is 13.8 Å². The van der Waals surface area contributed by atoms with Gasteiger partial charge in [-0.15, -0.1) is 0 Å². The summed E-state index contributed by atoms with van der Waals surface area (Å²) in [4.78, 5) is 22.8. The van der Waals surface area contributed by atoms with Gasteiger partial charge in [0.25, 0.3) is 0 Å². The summed E-state index contributed by atoms with van der Waals surface area (Å²) in [6.45, 7) is 3.44. The zero-order chi connectivity index (χ0) is 16.0. The van der Waals surface area contributed by atoms with Crippen LogP contribution in [0, 0.1) is 16.7 Å². The summed E-state index contributed by atoms with van der Waals surface area (Å²) >= 11 is 0. The molecule has 0 aliphatic heterocycles. The van der Waals surface area contributed by atoms with Gasteiger partial charge in [-0.3, -0.25) is 9.59 Å². The minimum absolute atomic E-state index is 0.0719. The molecule has 0 aliphatic rings. The van der Waals surface area contributed by atoms with E-state index in [0.29, 0.717) is 17.0 Å². The van der Waals surface area contributed by atoms with E-state index in [2.05, 4.69) is 5.32 Å². The molecule has 0 heterocycles. The molecule has 1 rings (SSSR count). The second-order valence-corrected chi connectivity index (χ2v) is 5.49. The molecule has 6 heteroatoms. The van der Waals surface area contributed by atoms with Crippen LogP contribution in [0.1, 0.15) is 32.3 Å². The second-order valence-electron chi connectivity index (χ2n) is 5.49. The molecule has 2 N–H and O–H groups in total. The topological polar surface area (TPSA) is 99.4 Å². The fraction of sp³-hybridized carbons (Fsp3) is 0.400. The predicted molar refractivity (Wildman–Crippen MR) is 77.0 cm³/mol. The number of carbonyl (C=O) groups excluding carboxylic acids is 1. The summed E-state index contributed by atoms with van der Waals surface area (Å²) < 4.78 is 5.12. The lowest BCUT2D eigenvalue weighted by Crippen LogP contribution is -2.25. The first-order chi connectivity index (χ1) is 9.77. The molecule has 112 valence electrons. The lowest BCUT2D eigenvalue weighted by Gasteiger charge is -2.21. The number of amides is 1. The maximum Gasteiger partial charge on any atom is 0.303 e. The van der Waals surface area contributed by atoms with Crippen molar-refractivity contribution in [3.05, 3.63) is 23.8 Å². The number of carbonyl (C=O) groups is 2. The molecule has 0 atom stereocenters. The quantitative estimate of drug-likeness (QED) is 0.838. The third kappa shape index (κ3) is 5.15. The Balaban J connectivity index is 2.80. The van der Waals surface area contributed by atoms with Crippen LogP contribution in [0.5, 0.6) is 5.75 Å². The standard InChI is InChI=1S/C15H18N2O4/c1-15(2,8-14(19)20)7-13(18)17-11-5-4-10(9-16)6-12(11)21-3/h4-6H,7-8H2,1-3H3,(H,17,18)(H,19,20). The maximum atomic E-state index is 12.0. The Bertz CT molecular complexity index is 588. The number of hydrogen-bond acceptors (Lipinski definition) is 4. The number of carboxylic acid groups (broad SMARTS) is 1. The summed E-state index contributed by atoms with van der Waals surface area (Å²) in [7, 11) is 1.44. The molecule has 1 aromatic rings. The molecule has 6 nitrogen and oxygen atoms in total. The number of carboxylic acids is 1. The van der Waals surface area contributed by atoms with Gasteiger partial charge in [-0.25, -0.2) is 0 Å². The van der Waals surface area contributed by atoms with Crippen LogP contribution in [0.3, 0.4) is 0 Å². The highest BCUT2D eigenvalue weighted by atomic mass is 16.5. The van der Waals surface area contributed by atoms with Crippen LogP contribution in [0.25, 0.3) is 0 Å². The Morgan fingerprint density at radius 2 is 2.05 bits per heavy atom. The average Bonchev–Trinajstić information content (AvgIpc) is 2.36. The molecule has 0 fully saturated rings. The highest BCUT2D eigenvalue weighted by molar-refractivity contribution is 5.93. The Morgan fingerprint density at radius 3 is 2.57 bits per heavy atom. The normalized spacial score (nSPS) is 10.6. The number of nitrogens with one attached hydrogen (secondary N) is 1. The van der Waals surface area contributed by atoms with E-state index in [1.807, 2.05) is 6.07 Å². The van der Waals surface area contributed by atoms with E-state index in [4.69, 9.17) is 15.1 Å². The maximum absolute atomic E-state index is 12.0. The molecule has 1 aromatic carbocycles. The van der Waals surface area contributed by atoms with E-state index in [-0.39, 0.29) is 18.7 Å². The minimum Gasteiger partial charge on any atom is -0.495 e.